The zero-order valence-electron chi connectivity index (χ0n) is 11.8. The summed E-state index contributed by atoms with van der Waals surface area (Å²) < 4.78 is 0. The summed E-state index contributed by atoms with van der Waals surface area (Å²) in [6, 6.07) is 0. The topological polar surface area (TPSA) is 41.1 Å². The van der Waals surface area contributed by atoms with Crippen molar-refractivity contribution in [1.29, 1.82) is 0 Å². The Balaban J connectivity index is 2.99. The van der Waals surface area contributed by atoms with Crippen LogP contribution < -0.4 is 10.9 Å². The zero-order chi connectivity index (χ0) is 13.5. The van der Waals surface area contributed by atoms with Crippen LogP contribution in [0.4, 0.5) is 0 Å². The Labute approximate surface area is 112 Å². The molecule has 0 aromatic rings. The van der Waals surface area contributed by atoms with Crippen LogP contribution in [0.15, 0.2) is 0 Å². The molecule has 0 heterocycles. The van der Waals surface area contributed by atoms with E-state index in [4.69, 9.17) is 6.42 Å². The van der Waals surface area contributed by atoms with Crippen LogP contribution >= 0.6 is 0 Å². The highest BCUT2D eigenvalue weighted by atomic mass is 16.2. The van der Waals surface area contributed by atoms with E-state index in [-0.39, 0.29) is 0 Å². The molecule has 0 fully saturated rings. The lowest BCUT2D eigenvalue weighted by molar-refractivity contribution is -0.116. The third kappa shape index (κ3) is 13.1. The molecule has 0 unspecified atom stereocenters. The number of hydrogen-bond acceptors (Lipinski definition) is 2. The number of nitrogens with one attached hydrogen (secondary N) is 2. The second-order valence-corrected chi connectivity index (χ2v) is 4.71. The molecule has 0 aliphatic rings. The standard InChI is InChI=1S/C15H28N2O/c1-3-5-6-7-8-9-10-11-12-13-14-16-17-15(18)4-2/h2,16H,3,5-14H2,1H3,(H,17,18). The number of hydrogen-bond donors (Lipinski definition) is 2. The van der Waals surface area contributed by atoms with E-state index in [0.717, 1.165) is 13.0 Å². The van der Waals surface area contributed by atoms with Gasteiger partial charge in [0.2, 0.25) is 0 Å². The van der Waals surface area contributed by atoms with Crippen molar-refractivity contribution < 1.29 is 4.79 Å². The first-order valence-corrected chi connectivity index (χ1v) is 7.30. The molecule has 0 saturated heterocycles. The lowest BCUT2D eigenvalue weighted by Gasteiger charge is -2.04. The lowest BCUT2D eigenvalue weighted by atomic mass is 10.1. The van der Waals surface area contributed by atoms with Gasteiger partial charge in [-0.05, 0) is 12.3 Å². The van der Waals surface area contributed by atoms with Crippen molar-refractivity contribution in [2.24, 2.45) is 0 Å². The molecule has 0 spiro atoms. The van der Waals surface area contributed by atoms with Crippen LogP contribution in [-0.2, 0) is 4.79 Å². The molecule has 3 heteroatoms. The number of carbonyl (C=O) groups is 1. The molecule has 0 rings (SSSR count). The molecular weight excluding hydrogens is 224 g/mol. The maximum atomic E-state index is 10.7. The van der Waals surface area contributed by atoms with E-state index >= 15 is 0 Å². The Morgan fingerprint density at radius 1 is 0.944 bits per heavy atom. The molecule has 0 aliphatic carbocycles. The Morgan fingerprint density at radius 2 is 1.44 bits per heavy atom. The maximum Gasteiger partial charge on any atom is 0.309 e. The zero-order valence-corrected chi connectivity index (χ0v) is 11.8. The summed E-state index contributed by atoms with van der Waals surface area (Å²) in [4.78, 5) is 10.7. The Morgan fingerprint density at radius 3 is 1.94 bits per heavy atom. The molecule has 0 radical (unpaired) electrons. The van der Waals surface area contributed by atoms with Crippen molar-refractivity contribution in [2.45, 2.75) is 71.1 Å². The van der Waals surface area contributed by atoms with Crippen LogP contribution in [-0.4, -0.2) is 12.5 Å². The van der Waals surface area contributed by atoms with Crippen LogP contribution in [0.25, 0.3) is 0 Å². The Hall–Kier alpha value is -1.01. The Bertz CT molecular complexity index is 233. The first kappa shape index (κ1) is 17.0. The summed E-state index contributed by atoms with van der Waals surface area (Å²) in [5, 5.41) is 0. The normalized spacial score (nSPS) is 10.0. The summed E-state index contributed by atoms with van der Waals surface area (Å²) in [6.07, 6.45) is 18.1. The Kier molecular flexibility index (Phi) is 13.3. The third-order valence-electron chi connectivity index (χ3n) is 2.99. The van der Waals surface area contributed by atoms with Crippen LogP contribution in [0.3, 0.4) is 0 Å². The minimum atomic E-state index is -0.401. The fraction of sp³-hybridized carbons (Fsp3) is 0.800. The van der Waals surface area contributed by atoms with Crippen LogP contribution in [0.1, 0.15) is 71.1 Å². The highest BCUT2D eigenvalue weighted by Crippen LogP contribution is 2.09. The van der Waals surface area contributed by atoms with E-state index in [1.54, 1.807) is 0 Å². The molecule has 3 nitrogen and oxygen atoms in total. The fourth-order valence-corrected chi connectivity index (χ4v) is 1.88. The van der Waals surface area contributed by atoms with E-state index in [1.807, 2.05) is 5.92 Å². The van der Waals surface area contributed by atoms with Crippen molar-refractivity contribution in [3.63, 3.8) is 0 Å². The summed E-state index contributed by atoms with van der Waals surface area (Å²) >= 11 is 0. The van der Waals surface area contributed by atoms with Gasteiger partial charge in [-0.25, -0.2) is 5.43 Å². The van der Waals surface area contributed by atoms with Gasteiger partial charge in [0, 0.05) is 6.54 Å². The minimum Gasteiger partial charge on any atom is -0.281 e. The molecule has 0 bridgehead atoms. The molecule has 0 aliphatic heterocycles. The monoisotopic (exact) mass is 252 g/mol. The number of carbonyl (C=O) groups excluding carboxylic acids is 1. The van der Waals surface area contributed by atoms with Gasteiger partial charge in [0.15, 0.2) is 0 Å². The number of unbranched alkanes of at least 4 members (excludes halogenated alkanes) is 9. The molecule has 0 aromatic carbocycles. The number of terminal acetylenes is 1. The highest BCUT2D eigenvalue weighted by molar-refractivity contribution is 5.92. The van der Waals surface area contributed by atoms with Crippen molar-refractivity contribution in [2.75, 3.05) is 6.54 Å². The first-order chi connectivity index (χ1) is 8.81. The molecule has 0 atom stereocenters. The molecule has 1 amide bonds. The smallest absolute Gasteiger partial charge is 0.281 e. The van der Waals surface area contributed by atoms with E-state index in [2.05, 4.69) is 17.8 Å². The summed E-state index contributed by atoms with van der Waals surface area (Å²) in [7, 11) is 0. The van der Waals surface area contributed by atoms with E-state index in [0.29, 0.717) is 0 Å². The van der Waals surface area contributed by atoms with Gasteiger partial charge in [-0.1, -0.05) is 64.7 Å². The summed E-state index contributed by atoms with van der Waals surface area (Å²) in [5.74, 6) is 1.59. The average Bonchev–Trinajstić information content (AvgIpc) is 2.39. The van der Waals surface area contributed by atoms with Crippen LogP contribution in [0.2, 0.25) is 0 Å². The van der Waals surface area contributed by atoms with Gasteiger partial charge in [0.25, 0.3) is 0 Å². The predicted octanol–water partition coefficient (Wildman–Crippen LogP) is 3.16. The molecule has 0 saturated carbocycles. The summed E-state index contributed by atoms with van der Waals surface area (Å²) in [5.41, 5.74) is 5.26. The van der Waals surface area contributed by atoms with Gasteiger partial charge >= 0.3 is 5.91 Å². The largest absolute Gasteiger partial charge is 0.309 e. The van der Waals surface area contributed by atoms with E-state index < -0.39 is 5.91 Å². The molecule has 2 N–H and O–H groups in total. The molecule has 18 heavy (non-hydrogen) atoms. The maximum absolute atomic E-state index is 10.7. The third-order valence-corrected chi connectivity index (χ3v) is 2.99. The SMILES string of the molecule is C#CC(=O)NNCCCCCCCCCCCC. The average molecular weight is 252 g/mol. The van der Waals surface area contributed by atoms with Crippen LogP contribution in [0.5, 0.6) is 0 Å². The van der Waals surface area contributed by atoms with Crippen LogP contribution in [0, 0.1) is 12.3 Å². The van der Waals surface area contributed by atoms with Crippen molar-refractivity contribution >= 4 is 5.91 Å². The van der Waals surface area contributed by atoms with Crippen molar-refractivity contribution in [3.05, 3.63) is 0 Å². The lowest BCUT2D eigenvalue weighted by Crippen LogP contribution is -2.36. The molecular formula is C15H28N2O. The number of amides is 1. The molecule has 0 aromatic heterocycles. The first-order valence-electron chi connectivity index (χ1n) is 7.30. The predicted molar refractivity (Wildman–Crippen MR) is 76.8 cm³/mol. The van der Waals surface area contributed by atoms with Gasteiger partial charge < -0.3 is 0 Å². The van der Waals surface area contributed by atoms with Gasteiger partial charge in [0.1, 0.15) is 0 Å². The van der Waals surface area contributed by atoms with E-state index in [1.165, 1.54) is 57.8 Å². The number of hydrazine groups is 1. The van der Waals surface area contributed by atoms with Gasteiger partial charge in [-0.2, -0.15) is 0 Å². The van der Waals surface area contributed by atoms with Gasteiger partial charge in [-0.15, -0.1) is 6.42 Å². The van der Waals surface area contributed by atoms with Crippen molar-refractivity contribution in [3.8, 4) is 12.3 Å². The fourth-order valence-electron chi connectivity index (χ4n) is 1.88. The van der Waals surface area contributed by atoms with E-state index in [9.17, 15) is 4.79 Å². The number of rotatable bonds is 12. The summed E-state index contributed by atoms with van der Waals surface area (Å²) in [6.45, 7) is 3.05. The van der Waals surface area contributed by atoms with Crippen molar-refractivity contribution in [1.82, 2.24) is 10.9 Å². The van der Waals surface area contributed by atoms with Gasteiger partial charge in [-0.3, -0.25) is 10.2 Å². The van der Waals surface area contributed by atoms with Gasteiger partial charge in [0.05, 0.1) is 0 Å². The molecule has 104 valence electrons. The quantitative estimate of drug-likeness (QED) is 0.318. The second-order valence-electron chi connectivity index (χ2n) is 4.71. The minimum absolute atomic E-state index is 0.401. The highest BCUT2D eigenvalue weighted by Gasteiger charge is 1.94. The second kappa shape index (κ2) is 14.1.